The highest BCUT2D eigenvalue weighted by molar-refractivity contribution is 5.91. The monoisotopic (exact) mass is 543 g/mol. The number of carbonyl (C=O) groups excluding carboxylic acids is 1. The molecule has 39 heavy (non-hydrogen) atoms. The Morgan fingerprint density at radius 1 is 1.13 bits per heavy atom. The molecule has 1 fully saturated rings. The third-order valence-corrected chi connectivity index (χ3v) is 7.70. The molecule has 1 aliphatic rings. The number of aliphatic hydroxyl groups is 1. The molecule has 0 spiro atoms. The number of alkyl halides is 3. The predicted octanol–water partition coefficient (Wildman–Crippen LogP) is 5.78. The largest absolute Gasteiger partial charge is 0.425 e. The van der Waals surface area contributed by atoms with E-state index in [2.05, 4.69) is 17.5 Å². The Balaban J connectivity index is 0.000000438. The molecule has 1 saturated carbocycles. The van der Waals surface area contributed by atoms with Crippen LogP contribution in [0.5, 0.6) is 0 Å². The number of hydrogen-bond acceptors (Lipinski definition) is 4. The van der Waals surface area contributed by atoms with Gasteiger partial charge in [-0.05, 0) is 57.5 Å². The van der Waals surface area contributed by atoms with Gasteiger partial charge in [-0.1, -0.05) is 37.1 Å². The third-order valence-electron chi connectivity index (χ3n) is 7.70. The minimum atomic E-state index is -4.99. The number of nitrogens with one attached hydrogen (secondary N) is 1. The molecule has 1 amide bonds. The molecule has 7 nitrogen and oxygen atoms in total. The van der Waals surface area contributed by atoms with E-state index in [1.807, 2.05) is 13.8 Å². The number of hydrogen-bond donors (Lipinski definition) is 2. The van der Waals surface area contributed by atoms with Crippen LogP contribution in [0.2, 0.25) is 0 Å². The van der Waals surface area contributed by atoms with Gasteiger partial charge in [0, 0.05) is 54.2 Å². The van der Waals surface area contributed by atoms with Crippen molar-refractivity contribution in [3.8, 4) is 0 Å². The van der Waals surface area contributed by atoms with Gasteiger partial charge in [0.05, 0.1) is 11.7 Å². The number of aryl methyl sites for hydroxylation is 1. The summed E-state index contributed by atoms with van der Waals surface area (Å²) in [6.45, 7) is 3.69. The second kappa shape index (κ2) is 11.0. The Labute approximate surface area is 226 Å². The number of benzene rings is 2. The van der Waals surface area contributed by atoms with E-state index in [9.17, 15) is 23.1 Å². The van der Waals surface area contributed by atoms with Crippen LogP contribution >= 0.6 is 0 Å². The van der Waals surface area contributed by atoms with Crippen molar-refractivity contribution < 1.29 is 23.1 Å². The molecule has 2 heterocycles. The van der Waals surface area contributed by atoms with Gasteiger partial charge in [-0.25, -0.2) is 4.79 Å². The van der Waals surface area contributed by atoms with Crippen molar-refractivity contribution in [2.24, 2.45) is 7.05 Å². The summed E-state index contributed by atoms with van der Waals surface area (Å²) in [4.78, 5) is 14.1. The molecule has 10 heteroatoms. The normalized spacial score (nSPS) is 15.9. The first-order chi connectivity index (χ1) is 18.4. The van der Waals surface area contributed by atoms with Crippen LogP contribution in [-0.4, -0.2) is 62.7 Å². The molecule has 0 bridgehead atoms. The molecule has 1 atom stereocenters. The van der Waals surface area contributed by atoms with Gasteiger partial charge in [0.25, 0.3) is 0 Å². The molecule has 5 rings (SSSR count). The van der Waals surface area contributed by atoms with Crippen molar-refractivity contribution in [2.45, 2.75) is 63.4 Å². The van der Waals surface area contributed by atoms with Gasteiger partial charge < -0.3 is 19.9 Å². The predicted molar refractivity (Wildman–Crippen MR) is 147 cm³/mol. The molecule has 2 aromatic carbocycles. The van der Waals surface area contributed by atoms with Crippen LogP contribution in [0.3, 0.4) is 0 Å². The first-order valence-electron chi connectivity index (χ1n) is 13.2. The number of fused-ring (bicyclic) bond motifs is 2. The average Bonchev–Trinajstić information content (AvgIpc) is 3.66. The van der Waals surface area contributed by atoms with E-state index in [-0.39, 0.29) is 17.2 Å². The quantitative estimate of drug-likeness (QED) is 0.342. The van der Waals surface area contributed by atoms with Crippen LogP contribution in [0.15, 0.2) is 54.9 Å². The van der Waals surface area contributed by atoms with Gasteiger partial charge in [-0.15, -0.1) is 0 Å². The maximum Gasteiger partial charge on any atom is 0.425 e. The van der Waals surface area contributed by atoms with E-state index in [1.54, 1.807) is 42.9 Å². The maximum absolute atomic E-state index is 14.4. The fraction of sp³-hybridized carbons (Fsp3) is 0.448. The van der Waals surface area contributed by atoms with Crippen LogP contribution < -0.4 is 5.32 Å². The van der Waals surface area contributed by atoms with E-state index >= 15 is 0 Å². The van der Waals surface area contributed by atoms with E-state index < -0.39 is 17.8 Å². The molecule has 2 N–H and O–H groups in total. The van der Waals surface area contributed by atoms with Gasteiger partial charge in [0.15, 0.2) is 0 Å². The summed E-state index contributed by atoms with van der Waals surface area (Å²) in [5, 5.41) is 19.2. The van der Waals surface area contributed by atoms with E-state index in [1.165, 1.54) is 61.2 Å². The van der Waals surface area contributed by atoms with Crippen LogP contribution in [0.1, 0.15) is 50.7 Å². The fourth-order valence-electron chi connectivity index (χ4n) is 5.10. The summed E-state index contributed by atoms with van der Waals surface area (Å²) in [6.07, 6.45) is 3.30. The lowest BCUT2D eigenvalue weighted by atomic mass is 9.85. The number of amides is 1. The molecule has 4 aromatic rings. The summed E-state index contributed by atoms with van der Waals surface area (Å²) in [7, 11) is 5.31. The Morgan fingerprint density at radius 3 is 2.38 bits per heavy atom. The number of aromatic nitrogens is 3. The lowest BCUT2D eigenvalue weighted by Gasteiger charge is -2.31. The van der Waals surface area contributed by atoms with Gasteiger partial charge in [-0.3, -0.25) is 0 Å². The molecular weight excluding hydrogens is 507 g/mol. The van der Waals surface area contributed by atoms with Crippen molar-refractivity contribution >= 4 is 27.8 Å². The Bertz CT molecular complexity index is 1450. The molecule has 0 aliphatic heterocycles. The van der Waals surface area contributed by atoms with Crippen LogP contribution in [-0.2, 0) is 12.6 Å². The Kier molecular flexibility index (Phi) is 8.09. The topological polar surface area (TPSA) is 75.3 Å². The molecule has 210 valence electrons. The summed E-state index contributed by atoms with van der Waals surface area (Å²) in [5.41, 5.74) is -2.93. The second-order valence-electron chi connectivity index (χ2n) is 10.5. The number of para-hydroxylation sites is 1. The standard InChI is InChI=1S/C23H23F3N4O2.C6H13N/c1-14(2)29(4)21(31)30-19-10-9-16(11-15(19)12-27-30)22(32,23(24,25)26)18-13-28(3)20-8-6-5-7-17(18)20;1-7-6-4-2-3-5-6/h5-14,32H,1-4H3;6-7H,2-5H2,1H3. The smallest absolute Gasteiger partial charge is 0.372 e. The minimum Gasteiger partial charge on any atom is -0.372 e. The lowest BCUT2D eigenvalue weighted by Crippen LogP contribution is -2.43. The second-order valence-corrected chi connectivity index (χ2v) is 10.5. The molecule has 1 aliphatic carbocycles. The molecular formula is C29H36F3N5O2. The SMILES string of the molecule is CC(C)N(C)C(=O)n1ncc2cc(C(O)(c3cn(C)c4ccccc34)C(F)(F)F)ccc21.CNC1CCCC1. The summed E-state index contributed by atoms with van der Waals surface area (Å²) < 4.78 is 45.9. The maximum atomic E-state index is 14.4. The van der Waals surface area contributed by atoms with E-state index in [0.29, 0.717) is 21.8 Å². The van der Waals surface area contributed by atoms with Gasteiger partial charge in [0.1, 0.15) is 0 Å². The van der Waals surface area contributed by atoms with Crippen molar-refractivity contribution in [2.75, 3.05) is 14.1 Å². The van der Waals surface area contributed by atoms with Crippen molar-refractivity contribution in [3.63, 3.8) is 0 Å². The van der Waals surface area contributed by atoms with Crippen LogP contribution in [0.25, 0.3) is 21.8 Å². The van der Waals surface area contributed by atoms with Crippen molar-refractivity contribution in [3.05, 3.63) is 66.0 Å². The van der Waals surface area contributed by atoms with Crippen molar-refractivity contribution in [1.82, 2.24) is 24.6 Å². The minimum absolute atomic E-state index is 0.0808. The zero-order valence-corrected chi connectivity index (χ0v) is 23.0. The zero-order valence-electron chi connectivity index (χ0n) is 23.0. The Morgan fingerprint density at radius 2 is 1.79 bits per heavy atom. The molecule has 1 unspecified atom stereocenters. The summed E-state index contributed by atoms with van der Waals surface area (Å²) in [6, 6.07) is 10.8. The first-order valence-corrected chi connectivity index (χ1v) is 13.2. The highest BCUT2D eigenvalue weighted by Crippen LogP contribution is 2.47. The molecule has 0 radical (unpaired) electrons. The number of nitrogens with zero attached hydrogens (tertiary/aromatic N) is 4. The average molecular weight is 544 g/mol. The van der Waals surface area contributed by atoms with E-state index in [4.69, 9.17) is 0 Å². The van der Waals surface area contributed by atoms with Gasteiger partial charge in [0.2, 0.25) is 5.60 Å². The van der Waals surface area contributed by atoms with E-state index in [0.717, 1.165) is 10.7 Å². The summed E-state index contributed by atoms with van der Waals surface area (Å²) in [5.74, 6) is 0. The van der Waals surface area contributed by atoms with Crippen molar-refractivity contribution in [1.29, 1.82) is 0 Å². The highest BCUT2D eigenvalue weighted by Gasteiger charge is 2.57. The first kappa shape index (κ1) is 28.6. The van der Waals surface area contributed by atoms with Gasteiger partial charge >= 0.3 is 12.2 Å². The summed E-state index contributed by atoms with van der Waals surface area (Å²) >= 11 is 0. The highest BCUT2D eigenvalue weighted by atomic mass is 19.4. The number of carbonyl (C=O) groups is 1. The molecule has 2 aromatic heterocycles. The van der Waals surface area contributed by atoms with Crippen LogP contribution in [0.4, 0.5) is 18.0 Å². The van der Waals surface area contributed by atoms with Crippen LogP contribution in [0, 0.1) is 0 Å². The third kappa shape index (κ3) is 5.27. The lowest BCUT2D eigenvalue weighted by molar-refractivity contribution is -0.247. The number of halogens is 3. The van der Waals surface area contributed by atoms with Gasteiger partial charge in [-0.2, -0.15) is 23.0 Å². The molecule has 0 saturated heterocycles. The fourth-order valence-corrected chi connectivity index (χ4v) is 5.10. The zero-order chi connectivity index (χ0) is 28.5. The Hall–Kier alpha value is -3.37. The number of rotatable bonds is 4.